The molecular weight excluding hydrogens is 456 g/mol. The van der Waals surface area contributed by atoms with Gasteiger partial charge >= 0.3 is 6.18 Å². The summed E-state index contributed by atoms with van der Waals surface area (Å²) in [6.45, 7) is 3.59. The van der Waals surface area contributed by atoms with Crippen LogP contribution in [0.2, 0.25) is 0 Å². The van der Waals surface area contributed by atoms with Crippen LogP contribution in [0.1, 0.15) is 17.5 Å². The third-order valence-electron chi connectivity index (χ3n) is 4.44. The average molecular weight is 484 g/mol. The van der Waals surface area contributed by atoms with Gasteiger partial charge in [0.1, 0.15) is 0 Å². The summed E-state index contributed by atoms with van der Waals surface area (Å²) in [6, 6.07) is 8.33. The summed E-state index contributed by atoms with van der Waals surface area (Å²) in [5.74, 6) is 0.974. The minimum atomic E-state index is -4.12. The van der Waals surface area contributed by atoms with Gasteiger partial charge in [-0.25, -0.2) is 0 Å². The van der Waals surface area contributed by atoms with Crippen molar-refractivity contribution < 1.29 is 13.2 Å². The molecule has 1 aliphatic heterocycles. The molecule has 4 nitrogen and oxygen atoms in total. The molecule has 2 rings (SSSR count). The number of alkyl halides is 3. The molecule has 1 saturated heterocycles. The summed E-state index contributed by atoms with van der Waals surface area (Å²) in [6.07, 6.45) is -3.34. The van der Waals surface area contributed by atoms with Gasteiger partial charge in [-0.1, -0.05) is 29.8 Å². The SMILES string of the molecule is CN=C(NCC1CCN(CC(F)(F)F)C1)N(C)Cc1ccc(C)cc1.I. The average Bonchev–Trinajstić information content (AvgIpc) is 2.95. The first kappa shape index (κ1) is 23.0. The van der Waals surface area contributed by atoms with E-state index in [1.807, 2.05) is 11.9 Å². The van der Waals surface area contributed by atoms with Gasteiger partial charge in [0.2, 0.25) is 0 Å². The van der Waals surface area contributed by atoms with Crippen LogP contribution in [0.15, 0.2) is 29.3 Å². The lowest BCUT2D eigenvalue weighted by molar-refractivity contribution is -0.143. The van der Waals surface area contributed by atoms with E-state index < -0.39 is 12.7 Å². The van der Waals surface area contributed by atoms with E-state index in [0.29, 0.717) is 19.6 Å². The van der Waals surface area contributed by atoms with Gasteiger partial charge in [0.05, 0.1) is 6.54 Å². The number of nitrogens with zero attached hydrogens (tertiary/aromatic N) is 3. The summed E-state index contributed by atoms with van der Waals surface area (Å²) < 4.78 is 37.4. The summed E-state index contributed by atoms with van der Waals surface area (Å²) >= 11 is 0. The molecule has 1 aliphatic rings. The summed E-state index contributed by atoms with van der Waals surface area (Å²) in [5, 5.41) is 3.29. The fourth-order valence-electron chi connectivity index (χ4n) is 3.14. The van der Waals surface area contributed by atoms with E-state index in [1.165, 1.54) is 16.0 Å². The molecule has 0 aromatic heterocycles. The van der Waals surface area contributed by atoms with Gasteiger partial charge in [0.25, 0.3) is 0 Å². The predicted octanol–water partition coefficient (Wildman–Crippen LogP) is 3.50. The van der Waals surface area contributed by atoms with Crippen molar-refractivity contribution in [2.45, 2.75) is 26.1 Å². The molecule has 0 spiro atoms. The summed E-state index contributed by atoms with van der Waals surface area (Å²) in [5.41, 5.74) is 2.41. The van der Waals surface area contributed by atoms with Crippen molar-refractivity contribution >= 4 is 29.9 Å². The highest BCUT2D eigenvalue weighted by atomic mass is 127. The second kappa shape index (κ2) is 10.3. The van der Waals surface area contributed by atoms with Crippen LogP contribution in [0.3, 0.4) is 0 Å². The number of hydrogen-bond donors (Lipinski definition) is 1. The maximum absolute atomic E-state index is 12.5. The Morgan fingerprint density at radius 2 is 1.96 bits per heavy atom. The van der Waals surface area contributed by atoms with Crippen LogP contribution < -0.4 is 5.32 Å². The van der Waals surface area contributed by atoms with Crippen LogP contribution in [-0.2, 0) is 6.54 Å². The number of halogens is 4. The highest BCUT2D eigenvalue weighted by Gasteiger charge is 2.34. The molecule has 1 heterocycles. The van der Waals surface area contributed by atoms with Gasteiger partial charge in [0.15, 0.2) is 5.96 Å². The number of benzene rings is 1. The zero-order valence-electron chi connectivity index (χ0n) is 15.5. The number of aliphatic imine (C=N–C) groups is 1. The van der Waals surface area contributed by atoms with Crippen molar-refractivity contribution in [3.63, 3.8) is 0 Å². The Kier molecular flexibility index (Phi) is 9.15. The fourth-order valence-corrected chi connectivity index (χ4v) is 3.14. The summed E-state index contributed by atoms with van der Waals surface area (Å²) in [7, 11) is 3.68. The minimum Gasteiger partial charge on any atom is -0.356 e. The third-order valence-corrected chi connectivity index (χ3v) is 4.44. The lowest BCUT2D eigenvalue weighted by Crippen LogP contribution is -2.41. The highest BCUT2D eigenvalue weighted by Crippen LogP contribution is 2.22. The lowest BCUT2D eigenvalue weighted by atomic mass is 10.1. The maximum Gasteiger partial charge on any atom is 0.401 e. The van der Waals surface area contributed by atoms with Crippen LogP contribution in [0.25, 0.3) is 0 Å². The van der Waals surface area contributed by atoms with Crippen molar-refractivity contribution in [3.8, 4) is 0 Å². The van der Waals surface area contributed by atoms with Gasteiger partial charge in [0, 0.05) is 33.7 Å². The van der Waals surface area contributed by atoms with E-state index in [-0.39, 0.29) is 29.9 Å². The van der Waals surface area contributed by atoms with E-state index in [9.17, 15) is 13.2 Å². The van der Waals surface area contributed by atoms with Crippen LogP contribution in [0, 0.1) is 12.8 Å². The van der Waals surface area contributed by atoms with Crippen molar-refractivity contribution in [2.75, 3.05) is 40.3 Å². The molecule has 1 N–H and O–H groups in total. The second-order valence-electron chi connectivity index (χ2n) is 6.77. The Labute approximate surface area is 170 Å². The number of aryl methyl sites for hydroxylation is 1. The van der Waals surface area contributed by atoms with Gasteiger partial charge in [-0.2, -0.15) is 13.2 Å². The minimum absolute atomic E-state index is 0. The van der Waals surface area contributed by atoms with E-state index >= 15 is 0 Å². The normalized spacial score (nSPS) is 18.5. The second-order valence-corrected chi connectivity index (χ2v) is 6.77. The molecular formula is C18H28F3IN4. The van der Waals surface area contributed by atoms with E-state index in [2.05, 4.69) is 41.5 Å². The zero-order chi connectivity index (χ0) is 18.4. The first-order valence-electron chi connectivity index (χ1n) is 8.53. The lowest BCUT2D eigenvalue weighted by Gasteiger charge is -2.24. The molecule has 1 aromatic carbocycles. The van der Waals surface area contributed by atoms with E-state index in [0.717, 1.165) is 18.9 Å². The third kappa shape index (κ3) is 7.69. The van der Waals surface area contributed by atoms with Crippen LogP contribution in [0.5, 0.6) is 0 Å². The molecule has 0 aliphatic carbocycles. The molecule has 0 radical (unpaired) electrons. The predicted molar refractivity (Wildman–Crippen MR) is 110 cm³/mol. The molecule has 0 bridgehead atoms. The zero-order valence-corrected chi connectivity index (χ0v) is 17.8. The molecule has 148 valence electrons. The Balaban J connectivity index is 0.00000338. The molecule has 8 heteroatoms. The smallest absolute Gasteiger partial charge is 0.356 e. The van der Waals surface area contributed by atoms with E-state index in [4.69, 9.17) is 0 Å². The molecule has 26 heavy (non-hydrogen) atoms. The Bertz CT molecular complexity index is 575. The monoisotopic (exact) mass is 484 g/mol. The Hall–Kier alpha value is -1.03. The molecule has 0 saturated carbocycles. The van der Waals surface area contributed by atoms with Crippen molar-refractivity contribution in [2.24, 2.45) is 10.9 Å². The first-order chi connectivity index (χ1) is 11.8. The van der Waals surface area contributed by atoms with Crippen LogP contribution in [-0.4, -0.2) is 62.2 Å². The topological polar surface area (TPSA) is 30.9 Å². The largest absolute Gasteiger partial charge is 0.401 e. The molecule has 0 amide bonds. The van der Waals surface area contributed by atoms with Crippen molar-refractivity contribution in [1.29, 1.82) is 0 Å². The number of guanidine groups is 1. The maximum atomic E-state index is 12.5. The fraction of sp³-hybridized carbons (Fsp3) is 0.611. The number of hydrogen-bond acceptors (Lipinski definition) is 2. The van der Waals surface area contributed by atoms with Crippen molar-refractivity contribution in [1.82, 2.24) is 15.1 Å². The van der Waals surface area contributed by atoms with Gasteiger partial charge in [-0.3, -0.25) is 9.89 Å². The van der Waals surface area contributed by atoms with Gasteiger partial charge in [-0.05, 0) is 31.4 Å². The Morgan fingerprint density at radius 3 is 2.54 bits per heavy atom. The first-order valence-corrected chi connectivity index (χ1v) is 8.53. The standard InChI is InChI=1S/C18H27F3N4.HI/c1-14-4-6-15(7-5-14)11-24(3)17(22-2)23-10-16-8-9-25(12-16)13-18(19,20)21;/h4-7,16H,8-13H2,1-3H3,(H,22,23);1H. The number of rotatable bonds is 5. The summed E-state index contributed by atoms with van der Waals surface area (Å²) in [4.78, 5) is 7.78. The van der Waals surface area contributed by atoms with E-state index in [1.54, 1.807) is 7.05 Å². The van der Waals surface area contributed by atoms with Gasteiger partial charge in [-0.15, -0.1) is 24.0 Å². The molecule has 1 unspecified atom stereocenters. The van der Waals surface area contributed by atoms with Crippen molar-refractivity contribution in [3.05, 3.63) is 35.4 Å². The molecule has 1 atom stereocenters. The Morgan fingerprint density at radius 1 is 1.31 bits per heavy atom. The quantitative estimate of drug-likeness (QED) is 0.395. The highest BCUT2D eigenvalue weighted by molar-refractivity contribution is 14.0. The number of nitrogens with one attached hydrogen (secondary N) is 1. The molecule has 1 aromatic rings. The van der Waals surface area contributed by atoms with Gasteiger partial charge < -0.3 is 10.2 Å². The van der Waals surface area contributed by atoms with Crippen LogP contribution >= 0.6 is 24.0 Å². The van der Waals surface area contributed by atoms with Crippen LogP contribution in [0.4, 0.5) is 13.2 Å². The number of likely N-dealkylation sites (tertiary alicyclic amines) is 1. The molecule has 1 fully saturated rings.